The summed E-state index contributed by atoms with van der Waals surface area (Å²) >= 11 is 0. The Morgan fingerprint density at radius 1 is 1.50 bits per heavy atom. The first kappa shape index (κ1) is 14.6. The van der Waals surface area contributed by atoms with Gasteiger partial charge in [-0.05, 0) is 32.3 Å². The molecule has 110 valence electrons. The van der Waals surface area contributed by atoms with Gasteiger partial charge in [-0.25, -0.2) is 9.78 Å². The van der Waals surface area contributed by atoms with Crippen LogP contribution in [-0.2, 0) is 4.74 Å². The topological polar surface area (TPSA) is 68.5 Å². The average molecular weight is 277 g/mol. The van der Waals surface area contributed by atoms with Gasteiger partial charge < -0.3 is 15.4 Å². The van der Waals surface area contributed by atoms with Crippen LogP contribution in [0.3, 0.4) is 0 Å². The number of rotatable bonds is 7. The third-order valence-corrected chi connectivity index (χ3v) is 3.40. The van der Waals surface area contributed by atoms with Crippen molar-refractivity contribution in [1.82, 2.24) is 4.98 Å². The van der Waals surface area contributed by atoms with E-state index in [9.17, 15) is 4.79 Å². The molecule has 0 radical (unpaired) electrons. The van der Waals surface area contributed by atoms with Crippen molar-refractivity contribution in [2.75, 3.05) is 23.8 Å². The van der Waals surface area contributed by atoms with Gasteiger partial charge >= 0.3 is 5.97 Å². The molecular formula is C15H23N3O2. The van der Waals surface area contributed by atoms with Crippen molar-refractivity contribution in [3.8, 4) is 0 Å². The molecule has 0 unspecified atom stereocenters. The smallest absolute Gasteiger partial charge is 0.341 e. The minimum atomic E-state index is -0.343. The van der Waals surface area contributed by atoms with Crippen LogP contribution in [0, 0.1) is 0 Å². The second-order valence-electron chi connectivity index (χ2n) is 5.14. The summed E-state index contributed by atoms with van der Waals surface area (Å²) in [6.45, 7) is 5.23. The molecule has 1 aromatic heterocycles. The van der Waals surface area contributed by atoms with Crippen molar-refractivity contribution in [2.45, 2.75) is 45.6 Å². The Bertz CT molecular complexity index is 472. The summed E-state index contributed by atoms with van der Waals surface area (Å²) < 4.78 is 5.12. The van der Waals surface area contributed by atoms with Gasteiger partial charge in [0.25, 0.3) is 0 Å². The van der Waals surface area contributed by atoms with Gasteiger partial charge in [-0.3, -0.25) is 0 Å². The highest BCUT2D eigenvalue weighted by molar-refractivity contribution is 5.95. The molecular weight excluding hydrogens is 254 g/mol. The number of anilines is 2. The number of pyridine rings is 1. The molecule has 2 rings (SSSR count). The van der Waals surface area contributed by atoms with E-state index in [0.717, 1.165) is 32.2 Å². The molecule has 1 fully saturated rings. The Morgan fingerprint density at radius 2 is 2.25 bits per heavy atom. The lowest BCUT2D eigenvalue weighted by molar-refractivity contribution is 0.0526. The van der Waals surface area contributed by atoms with E-state index in [4.69, 9.17) is 10.5 Å². The number of nitrogens with zero attached hydrogens (tertiary/aromatic N) is 2. The highest BCUT2D eigenvalue weighted by Gasteiger charge is 2.32. The van der Waals surface area contributed by atoms with Crippen LogP contribution in [0.5, 0.6) is 0 Å². The first-order chi connectivity index (χ1) is 9.67. The highest BCUT2D eigenvalue weighted by atomic mass is 16.5. The van der Waals surface area contributed by atoms with Crippen molar-refractivity contribution in [2.24, 2.45) is 0 Å². The van der Waals surface area contributed by atoms with Gasteiger partial charge in [0, 0.05) is 12.6 Å². The number of ether oxygens (including phenoxy) is 1. The summed E-state index contributed by atoms with van der Waals surface area (Å²) in [6, 6.07) is 2.17. The highest BCUT2D eigenvalue weighted by Crippen LogP contribution is 2.33. The fourth-order valence-electron chi connectivity index (χ4n) is 2.24. The van der Waals surface area contributed by atoms with Gasteiger partial charge in [-0.15, -0.1) is 0 Å². The van der Waals surface area contributed by atoms with Crippen LogP contribution < -0.4 is 10.6 Å². The number of nitrogens with two attached hydrogens (primary N) is 1. The quantitative estimate of drug-likeness (QED) is 0.776. The second kappa shape index (κ2) is 6.59. The number of hydrogen-bond acceptors (Lipinski definition) is 5. The predicted molar refractivity (Wildman–Crippen MR) is 79.9 cm³/mol. The number of aromatic nitrogens is 1. The summed E-state index contributed by atoms with van der Waals surface area (Å²) in [5.74, 6) is 0.373. The number of nitrogen functional groups attached to an aromatic ring is 1. The first-order valence-electron chi connectivity index (χ1n) is 7.36. The van der Waals surface area contributed by atoms with Gasteiger partial charge in [0.1, 0.15) is 11.4 Å². The lowest BCUT2D eigenvalue weighted by Gasteiger charge is -2.25. The number of unbranched alkanes of at least 4 members (excludes halogenated alkanes) is 1. The maximum Gasteiger partial charge on any atom is 0.341 e. The molecule has 1 aromatic rings. The van der Waals surface area contributed by atoms with Gasteiger partial charge in [0.15, 0.2) is 0 Å². The molecule has 5 nitrogen and oxygen atoms in total. The van der Waals surface area contributed by atoms with E-state index < -0.39 is 0 Å². The first-order valence-corrected chi connectivity index (χ1v) is 7.36. The van der Waals surface area contributed by atoms with E-state index in [-0.39, 0.29) is 5.97 Å². The molecule has 1 aliphatic rings. The van der Waals surface area contributed by atoms with Gasteiger partial charge in [0.2, 0.25) is 0 Å². The average Bonchev–Trinajstić information content (AvgIpc) is 3.25. The summed E-state index contributed by atoms with van der Waals surface area (Å²) in [5.41, 5.74) is 6.73. The third kappa shape index (κ3) is 3.40. The zero-order chi connectivity index (χ0) is 14.5. The molecule has 1 saturated carbocycles. The maximum absolute atomic E-state index is 12.1. The van der Waals surface area contributed by atoms with E-state index in [1.165, 1.54) is 0 Å². The minimum absolute atomic E-state index is 0.343. The molecule has 0 bridgehead atoms. The number of carbonyl (C=O) groups excluding carboxylic acids is 1. The number of carbonyl (C=O) groups is 1. The third-order valence-electron chi connectivity index (χ3n) is 3.40. The van der Waals surface area contributed by atoms with Gasteiger partial charge in [-0.2, -0.15) is 0 Å². The SMILES string of the molecule is CCCCN(c1ncc(N)cc1C(=O)OCC)C1CC1. The van der Waals surface area contributed by atoms with Crippen LogP contribution in [0.25, 0.3) is 0 Å². The summed E-state index contributed by atoms with van der Waals surface area (Å²) in [6.07, 6.45) is 6.15. The summed E-state index contributed by atoms with van der Waals surface area (Å²) in [5, 5.41) is 0. The Labute approximate surface area is 120 Å². The zero-order valence-corrected chi connectivity index (χ0v) is 12.3. The standard InChI is InChI=1S/C15H23N3O2/c1-3-5-8-18(12-6-7-12)14-13(15(19)20-4-2)9-11(16)10-17-14/h9-10,12H,3-8,16H2,1-2H3. The molecule has 0 aliphatic heterocycles. The monoisotopic (exact) mass is 277 g/mol. The van der Waals surface area contributed by atoms with Crippen LogP contribution in [0.2, 0.25) is 0 Å². The predicted octanol–water partition coefficient (Wildman–Crippen LogP) is 2.61. The van der Waals surface area contributed by atoms with Crippen molar-refractivity contribution in [3.63, 3.8) is 0 Å². The summed E-state index contributed by atoms with van der Waals surface area (Å²) in [4.78, 5) is 18.7. The largest absolute Gasteiger partial charge is 0.462 e. The van der Waals surface area contributed by atoms with Crippen molar-refractivity contribution >= 4 is 17.5 Å². The van der Waals surface area contributed by atoms with Crippen LogP contribution in [0.1, 0.15) is 49.9 Å². The van der Waals surface area contributed by atoms with Gasteiger partial charge in [-0.1, -0.05) is 13.3 Å². The molecule has 0 saturated heterocycles. The van der Waals surface area contributed by atoms with Gasteiger partial charge in [0.05, 0.1) is 18.5 Å². The minimum Gasteiger partial charge on any atom is -0.462 e. The Balaban J connectivity index is 2.29. The van der Waals surface area contributed by atoms with Crippen molar-refractivity contribution in [3.05, 3.63) is 17.8 Å². The lowest BCUT2D eigenvalue weighted by Crippen LogP contribution is -2.30. The maximum atomic E-state index is 12.1. The molecule has 20 heavy (non-hydrogen) atoms. The van der Waals surface area contributed by atoms with E-state index in [1.54, 1.807) is 19.2 Å². The fourth-order valence-corrected chi connectivity index (χ4v) is 2.24. The normalized spacial score (nSPS) is 14.1. The van der Waals surface area contributed by atoms with Crippen LogP contribution in [-0.4, -0.2) is 30.1 Å². The Kier molecular flexibility index (Phi) is 4.82. The Morgan fingerprint density at radius 3 is 2.85 bits per heavy atom. The number of esters is 1. The Hall–Kier alpha value is -1.78. The molecule has 1 aliphatic carbocycles. The van der Waals surface area contributed by atoms with Crippen LogP contribution in [0.15, 0.2) is 12.3 Å². The van der Waals surface area contributed by atoms with Crippen LogP contribution in [0.4, 0.5) is 11.5 Å². The molecule has 0 spiro atoms. The molecule has 0 aromatic carbocycles. The molecule has 5 heteroatoms. The number of hydrogen-bond donors (Lipinski definition) is 1. The molecule has 0 atom stereocenters. The molecule has 2 N–H and O–H groups in total. The van der Waals surface area contributed by atoms with E-state index in [0.29, 0.717) is 29.7 Å². The second-order valence-corrected chi connectivity index (χ2v) is 5.14. The summed E-state index contributed by atoms with van der Waals surface area (Å²) in [7, 11) is 0. The van der Waals surface area contributed by atoms with E-state index in [2.05, 4.69) is 16.8 Å². The lowest BCUT2D eigenvalue weighted by atomic mass is 10.2. The van der Waals surface area contributed by atoms with Crippen LogP contribution >= 0.6 is 0 Å². The van der Waals surface area contributed by atoms with E-state index in [1.807, 2.05) is 0 Å². The fraction of sp³-hybridized carbons (Fsp3) is 0.600. The zero-order valence-electron chi connectivity index (χ0n) is 12.3. The van der Waals surface area contributed by atoms with Crippen molar-refractivity contribution in [1.29, 1.82) is 0 Å². The molecule has 1 heterocycles. The van der Waals surface area contributed by atoms with Crippen molar-refractivity contribution < 1.29 is 9.53 Å². The molecule has 0 amide bonds. The van der Waals surface area contributed by atoms with E-state index >= 15 is 0 Å².